The van der Waals surface area contributed by atoms with Gasteiger partial charge >= 0.3 is 0 Å². The van der Waals surface area contributed by atoms with Crippen molar-refractivity contribution in [1.82, 2.24) is 5.16 Å². The van der Waals surface area contributed by atoms with E-state index in [4.69, 9.17) is 20.5 Å². The second-order valence-electron chi connectivity index (χ2n) is 3.25. The Balaban J connectivity index is 2.72. The van der Waals surface area contributed by atoms with Crippen molar-refractivity contribution in [3.8, 4) is 0 Å². The van der Waals surface area contributed by atoms with Crippen LogP contribution in [-0.2, 0) is 0 Å². The predicted octanol–water partition coefficient (Wildman–Crippen LogP) is -0.322. The molecule has 0 aromatic carbocycles. The van der Waals surface area contributed by atoms with Crippen molar-refractivity contribution >= 4 is 6.08 Å². The molecular formula is C9H14N2O3. The van der Waals surface area contributed by atoms with E-state index in [-0.39, 0.29) is 13.2 Å². The van der Waals surface area contributed by atoms with Crippen molar-refractivity contribution in [3.05, 3.63) is 23.6 Å². The molecule has 5 nitrogen and oxygen atoms in total. The van der Waals surface area contributed by atoms with Gasteiger partial charge in [0, 0.05) is 6.07 Å². The molecule has 5 heteroatoms. The van der Waals surface area contributed by atoms with E-state index in [1.165, 1.54) is 6.08 Å². The zero-order valence-electron chi connectivity index (χ0n) is 7.97. The Morgan fingerprint density at radius 2 is 2.21 bits per heavy atom. The lowest BCUT2D eigenvalue weighted by Crippen LogP contribution is -2.45. The van der Waals surface area contributed by atoms with Gasteiger partial charge in [0.05, 0.1) is 24.4 Å². The molecule has 0 aliphatic carbocycles. The lowest BCUT2D eigenvalue weighted by atomic mass is 10.0. The van der Waals surface area contributed by atoms with Gasteiger partial charge in [0.25, 0.3) is 0 Å². The van der Waals surface area contributed by atoms with Crippen molar-refractivity contribution in [3.63, 3.8) is 0 Å². The number of nitrogens with two attached hydrogens (primary N) is 1. The van der Waals surface area contributed by atoms with E-state index >= 15 is 0 Å². The van der Waals surface area contributed by atoms with Gasteiger partial charge in [0.1, 0.15) is 0 Å². The fourth-order valence-electron chi connectivity index (χ4n) is 0.865. The summed E-state index contributed by atoms with van der Waals surface area (Å²) in [6.45, 7) is 1.15. The average Bonchev–Trinajstić information content (AvgIpc) is 2.61. The molecule has 0 fully saturated rings. The third-order valence-corrected chi connectivity index (χ3v) is 1.81. The first-order valence-electron chi connectivity index (χ1n) is 4.23. The first-order chi connectivity index (χ1) is 6.59. The van der Waals surface area contributed by atoms with Crippen molar-refractivity contribution in [2.45, 2.75) is 12.5 Å². The highest BCUT2D eigenvalue weighted by atomic mass is 16.5. The molecule has 1 aromatic heterocycles. The number of nitrogens with zero attached hydrogens (tertiary/aromatic N) is 1. The number of hydrogen-bond acceptors (Lipinski definition) is 5. The van der Waals surface area contributed by atoms with Gasteiger partial charge in [0.15, 0.2) is 5.76 Å². The summed E-state index contributed by atoms with van der Waals surface area (Å²) < 4.78 is 4.89. The molecule has 1 aromatic rings. The maximum atomic E-state index is 8.89. The Morgan fingerprint density at radius 3 is 2.64 bits per heavy atom. The lowest BCUT2D eigenvalue weighted by molar-refractivity contribution is 0.152. The predicted molar refractivity (Wildman–Crippen MR) is 51.4 cm³/mol. The topological polar surface area (TPSA) is 92.5 Å². The first kappa shape index (κ1) is 10.9. The van der Waals surface area contributed by atoms with Crippen molar-refractivity contribution < 1.29 is 14.7 Å². The van der Waals surface area contributed by atoms with Crippen LogP contribution in [0, 0.1) is 6.92 Å². The van der Waals surface area contributed by atoms with Crippen molar-refractivity contribution in [1.29, 1.82) is 0 Å². The minimum atomic E-state index is -1.11. The summed E-state index contributed by atoms with van der Waals surface area (Å²) in [4.78, 5) is 0. The molecule has 14 heavy (non-hydrogen) atoms. The fraction of sp³-hybridized carbons (Fsp3) is 0.444. The molecule has 0 unspecified atom stereocenters. The monoisotopic (exact) mass is 198 g/mol. The summed E-state index contributed by atoms with van der Waals surface area (Å²) in [5, 5.41) is 21.4. The minimum Gasteiger partial charge on any atom is -0.394 e. The number of aliphatic hydroxyl groups is 2. The molecule has 78 valence electrons. The zero-order valence-corrected chi connectivity index (χ0v) is 7.97. The van der Waals surface area contributed by atoms with E-state index in [0.29, 0.717) is 5.76 Å². The van der Waals surface area contributed by atoms with Gasteiger partial charge in [-0.15, -0.1) is 0 Å². The highest BCUT2D eigenvalue weighted by Gasteiger charge is 2.18. The highest BCUT2D eigenvalue weighted by Crippen LogP contribution is 2.08. The summed E-state index contributed by atoms with van der Waals surface area (Å²) >= 11 is 0. The summed E-state index contributed by atoms with van der Waals surface area (Å²) in [5.74, 6) is 0.541. The number of aromatic nitrogens is 1. The van der Waals surface area contributed by atoms with Crippen LogP contribution in [-0.4, -0.2) is 34.1 Å². The molecule has 0 saturated heterocycles. The maximum absolute atomic E-state index is 8.89. The van der Waals surface area contributed by atoms with Crippen LogP contribution >= 0.6 is 0 Å². The summed E-state index contributed by atoms with van der Waals surface area (Å²) in [5.41, 5.74) is 5.26. The van der Waals surface area contributed by atoms with E-state index in [0.717, 1.165) is 5.69 Å². The van der Waals surface area contributed by atoms with Crippen molar-refractivity contribution in [2.75, 3.05) is 13.2 Å². The minimum absolute atomic E-state index is 0.326. The van der Waals surface area contributed by atoms with Gasteiger partial charge in [-0.1, -0.05) is 11.2 Å². The van der Waals surface area contributed by atoms with E-state index in [1.807, 2.05) is 0 Å². The molecule has 0 atom stereocenters. The molecule has 0 aliphatic rings. The molecule has 1 heterocycles. The second-order valence-corrected chi connectivity index (χ2v) is 3.25. The molecule has 4 N–H and O–H groups in total. The Kier molecular flexibility index (Phi) is 3.40. The van der Waals surface area contributed by atoms with Crippen LogP contribution in [0.4, 0.5) is 0 Å². The number of aryl methyl sites for hydroxylation is 1. The zero-order chi connectivity index (χ0) is 10.6. The fourth-order valence-corrected chi connectivity index (χ4v) is 0.865. The van der Waals surface area contributed by atoms with Crippen LogP contribution in [0.15, 0.2) is 16.7 Å². The third-order valence-electron chi connectivity index (χ3n) is 1.81. The quantitative estimate of drug-likeness (QED) is 0.616. The SMILES string of the molecule is Cc1cc(/C=C/C(N)(CO)CO)on1. The third kappa shape index (κ3) is 2.66. The van der Waals surface area contributed by atoms with E-state index < -0.39 is 5.54 Å². The van der Waals surface area contributed by atoms with Gasteiger partial charge in [-0.05, 0) is 13.0 Å². The van der Waals surface area contributed by atoms with E-state index in [2.05, 4.69) is 5.16 Å². The standard InChI is InChI=1S/C9H14N2O3/c1-7-4-8(14-11-7)2-3-9(10,5-12)6-13/h2-4,12-13H,5-6,10H2,1H3/b3-2+. The Morgan fingerprint density at radius 1 is 1.57 bits per heavy atom. The summed E-state index contributed by atoms with van der Waals surface area (Å²) in [6, 6.07) is 1.73. The lowest BCUT2D eigenvalue weighted by Gasteiger charge is -2.19. The largest absolute Gasteiger partial charge is 0.394 e. The Bertz CT molecular complexity index is 316. The van der Waals surface area contributed by atoms with Crippen LogP contribution in [0.25, 0.3) is 6.08 Å². The molecule has 0 spiro atoms. The molecule has 0 saturated carbocycles. The van der Waals surface area contributed by atoms with Crippen LogP contribution < -0.4 is 5.73 Å². The van der Waals surface area contributed by atoms with Gasteiger partial charge < -0.3 is 20.5 Å². The molecule has 0 bridgehead atoms. The van der Waals surface area contributed by atoms with Gasteiger partial charge in [0.2, 0.25) is 0 Å². The van der Waals surface area contributed by atoms with Crippen LogP contribution in [0.5, 0.6) is 0 Å². The number of aliphatic hydroxyl groups excluding tert-OH is 2. The maximum Gasteiger partial charge on any atom is 0.159 e. The molecule has 1 rings (SSSR count). The van der Waals surface area contributed by atoms with Crippen LogP contribution in [0.3, 0.4) is 0 Å². The van der Waals surface area contributed by atoms with Crippen molar-refractivity contribution in [2.24, 2.45) is 5.73 Å². The van der Waals surface area contributed by atoms with Gasteiger partial charge in [-0.25, -0.2) is 0 Å². The van der Waals surface area contributed by atoms with Crippen LogP contribution in [0.1, 0.15) is 11.5 Å². The molecule has 0 amide bonds. The van der Waals surface area contributed by atoms with Crippen LogP contribution in [0.2, 0.25) is 0 Å². The first-order valence-corrected chi connectivity index (χ1v) is 4.23. The van der Waals surface area contributed by atoms with Gasteiger partial charge in [-0.3, -0.25) is 0 Å². The number of hydrogen-bond donors (Lipinski definition) is 3. The smallest absolute Gasteiger partial charge is 0.159 e. The van der Waals surface area contributed by atoms with E-state index in [1.54, 1.807) is 19.1 Å². The molecular weight excluding hydrogens is 184 g/mol. The second kappa shape index (κ2) is 4.36. The summed E-state index contributed by atoms with van der Waals surface area (Å²) in [7, 11) is 0. The Hall–Kier alpha value is -1.17. The van der Waals surface area contributed by atoms with Gasteiger partial charge in [-0.2, -0.15) is 0 Å². The average molecular weight is 198 g/mol. The highest BCUT2D eigenvalue weighted by molar-refractivity contribution is 5.45. The summed E-state index contributed by atoms with van der Waals surface area (Å²) in [6.07, 6.45) is 3.07. The molecule has 0 aliphatic heterocycles. The Labute approximate surface area is 81.8 Å². The normalized spacial score (nSPS) is 12.6. The van der Waals surface area contributed by atoms with E-state index in [9.17, 15) is 0 Å². The molecule has 0 radical (unpaired) electrons. The number of rotatable bonds is 4.